The first-order chi connectivity index (χ1) is 10.5. The van der Waals surface area contributed by atoms with Crippen molar-refractivity contribution in [3.05, 3.63) is 24.3 Å². The number of benzene rings is 1. The molecule has 2 amide bonds. The van der Waals surface area contributed by atoms with Crippen LogP contribution in [0.3, 0.4) is 0 Å². The van der Waals surface area contributed by atoms with E-state index in [0.717, 1.165) is 32.6 Å². The Morgan fingerprint density at radius 2 is 1.77 bits per heavy atom. The Kier molecular flexibility index (Phi) is 5.52. The zero-order chi connectivity index (χ0) is 16.1. The molecule has 5 heteroatoms. The summed E-state index contributed by atoms with van der Waals surface area (Å²) in [4.78, 5) is 18.5. The molecule has 1 atom stereocenters. The number of hydrogen-bond donors (Lipinski definition) is 1. The van der Waals surface area contributed by atoms with Gasteiger partial charge < -0.3 is 20.0 Å². The molecule has 0 aromatic heterocycles. The molecule has 1 heterocycles. The van der Waals surface area contributed by atoms with Gasteiger partial charge in [-0.15, -0.1) is 0 Å². The van der Waals surface area contributed by atoms with E-state index in [1.165, 1.54) is 11.4 Å². The first-order valence-electron chi connectivity index (χ1n) is 8.09. The fourth-order valence-electron chi connectivity index (χ4n) is 2.53. The maximum atomic E-state index is 12.1. The molecule has 22 heavy (non-hydrogen) atoms. The number of amides is 2. The van der Waals surface area contributed by atoms with Crippen molar-refractivity contribution in [3.8, 4) is 0 Å². The summed E-state index contributed by atoms with van der Waals surface area (Å²) in [6.45, 7) is 7.45. The fourth-order valence-corrected chi connectivity index (χ4v) is 2.53. The number of carbonyl (C=O) groups is 1. The third-order valence-corrected chi connectivity index (χ3v) is 4.28. The van der Waals surface area contributed by atoms with Crippen LogP contribution in [0.1, 0.15) is 20.3 Å². The van der Waals surface area contributed by atoms with Gasteiger partial charge in [-0.1, -0.05) is 6.92 Å². The maximum absolute atomic E-state index is 12.1. The Hall–Kier alpha value is -1.91. The monoisotopic (exact) mass is 304 g/mol. The molecular weight excluding hydrogens is 276 g/mol. The number of nitrogens with zero attached hydrogens (tertiary/aromatic N) is 3. The van der Waals surface area contributed by atoms with E-state index in [2.05, 4.69) is 46.3 Å². The van der Waals surface area contributed by atoms with E-state index >= 15 is 0 Å². The number of rotatable bonds is 4. The van der Waals surface area contributed by atoms with Crippen molar-refractivity contribution < 1.29 is 4.79 Å². The van der Waals surface area contributed by atoms with Crippen molar-refractivity contribution in [2.75, 3.05) is 50.1 Å². The number of hydrogen-bond acceptors (Lipinski definition) is 3. The molecule has 1 aromatic rings. The van der Waals surface area contributed by atoms with Crippen LogP contribution in [0.25, 0.3) is 0 Å². The minimum Gasteiger partial charge on any atom is -0.378 e. The van der Waals surface area contributed by atoms with Crippen LogP contribution >= 0.6 is 0 Å². The number of nitrogens with one attached hydrogen (secondary N) is 1. The lowest BCUT2D eigenvalue weighted by Crippen LogP contribution is -2.53. The van der Waals surface area contributed by atoms with Crippen molar-refractivity contribution in [3.63, 3.8) is 0 Å². The summed E-state index contributed by atoms with van der Waals surface area (Å²) in [5, 5.41) is 3.04. The average molecular weight is 304 g/mol. The Bertz CT molecular complexity index is 478. The third-order valence-electron chi connectivity index (χ3n) is 4.28. The van der Waals surface area contributed by atoms with Crippen LogP contribution in [0.2, 0.25) is 0 Å². The molecule has 1 saturated heterocycles. The molecule has 0 bridgehead atoms. The summed E-state index contributed by atoms with van der Waals surface area (Å²) in [5.41, 5.74) is 2.43. The van der Waals surface area contributed by atoms with Crippen LogP contribution in [-0.2, 0) is 0 Å². The van der Waals surface area contributed by atoms with E-state index in [0.29, 0.717) is 0 Å². The lowest BCUT2D eigenvalue weighted by molar-refractivity contribution is 0.191. The molecule has 1 N–H and O–H groups in total. The predicted molar refractivity (Wildman–Crippen MR) is 92.8 cm³/mol. The second kappa shape index (κ2) is 7.38. The molecule has 5 nitrogen and oxygen atoms in total. The minimum absolute atomic E-state index is 0.0666. The lowest BCUT2D eigenvalue weighted by Gasteiger charge is -2.36. The van der Waals surface area contributed by atoms with Crippen LogP contribution in [0.4, 0.5) is 16.2 Å². The number of carbonyl (C=O) groups excluding carboxylic acids is 1. The second-order valence-corrected chi connectivity index (χ2v) is 6.14. The molecule has 2 rings (SSSR count). The first-order valence-corrected chi connectivity index (χ1v) is 8.09. The molecule has 0 spiro atoms. The van der Waals surface area contributed by atoms with Crippen LogP contribution in [0.15, 0.2) is 24.3 Å². The molecule has 0 aliphatic carbocycles. The molecule has 1 unspecified atom stereocenters. The maximum Gasteiger partial charge on any atom is 0.317 e. The number of urea groups is 1. The van der Waals surface area contributed by atoms with Gasteiger partial charge in [-0.2, -0.15) is 0 Å². The van der Waals surface area contributed by atoms with E-state index in [-0.39, 0.29) is 12.1 Å². The van der Waals surface area contributed by atoms with Crippen LogP contribution in [-0.4, -0.2) is 57.2 Å². The highest BCUT2D eigenvalue weighted by molar-refractivity contribution is 5.75. The molecule has 1 aliphatic rings. The van der Waals surface area contributed by atoms with Crippen molar-refractivity contribution in [2.45, 2.75) is 26.3 Å². The molecule has 122 valence electrons. The molecule has 1 fully saturated rings. The fraction of sp³-hybridized carbons (Fsp3) is 0.588. The van der Waals surface area contributed by atoms with Gasteiger partial charge in [-0.05, 0) is 37.6 Å². The highest BCUT2D eigenvalue weighted by atomic mass is 16.2. The Morgan fingerprint density at radius 3 is 2.27 bits per heavy atom. The molecular formula is C17H28N4O. The molecule has 0 saturated carbocycles. The van der Waals surface area contributed by atoms with Gasteiger partial charge in [0.15, 0.2) is 0 Å². The summed E-state index contributed by atoms with van der Waals surface area (Å²) < 4.78 is 0. The van der Waals surface area contributed by atoms with Crippen molar-refractivity contribution in [2.24, 2.45) is 0 Å². The largest absolute Gasteiger partial charge is 0.378 e. The average Bonchev–Trinajstić information content (AvgIpc) is 2.55. The predicted octanol–water partition coefficient (Wildman–Crippen LogP) is 2.38. The van der Waals surface area contributed by atoms with Crippen molar-refractivity contribution in [1.29, 1.82) is 0 Å². The third kappa shape index (κ3) is 4.06. The highest BCUT2D eigenvalue weighted by Gasteiger charge is 2.21. The van der Waals surface area contributed by atoms with E-state index in [1.54, 1.807) is 0 Å². The van der Waals surface area contributed by atoms with Gasteiger partial charge in [-0.3, -0.25) is 0 Å². The van der Waals surface area contributed by atoms with Gasteiger partial charge in [-0.25, -0.2) is 4.79 Å². The lowest BCUT2D eigenvalue weighted by atomic mass is 10.2. The smallest absolute Gasteiger partial charge is 0.317 e. The van der Waals surface area contributed by atoms with Crippen molar-refractivity contribution in [1.82, 2.24) is 10.2 Å². The van der Waals surface area contributed by atoms with Gasteiger partial charge in [0.25, 0.3) is 0 Å². The second-order valence-electron chi connectivity index (χ2n) is 6.14. The van der Waals surface area contributed by atoms with Crippen LogP contribution in [0, 0.1) is 0 Å². The number of anilines is 2. The van der Waals surface area contributed by atoms with Gasteiger partial charge in [0, 0.05) is 57.7 Å². The normalized spacial score (nSPS) is 16.4. The zero-order valence-corrected chi connectivity index (χ0v) is 14.2. The van der Waals surface area contributed by atoms with Crippen LogP contribution in [0.5, 0.6) is 0 Å². The summed E-state index contributed by atoms with van der Waals surface area (Å²) >= 11 is 0. The molecule has 1 aliphatic heterocycles. The quantitative estimate of drug-likeness (QED) is 0.928. The minimum atomic E-state index is 0.0666. The molecule has 1 aromatic carbocycles. The van der Waals surface area contributed by atoms with Gasteiger partial charge in [0.1, 0.15) is 0 Å². The van der Waals surface area contributed by atoms with Crippen molar-refractivity contribution >= 4 is 17.4 Å². The topological polar surface area (TPSA) is 38.8 Å². The van der Waals surface area contributed by atoms with E-state index in [9.17, 15) is 4.79 Å². The van der Waals surface area contributed by atoms with E-state index in [1.807, 2.05) is 25.9 Å². The zero-order valence-electron chi connectivity index (χ0n) is 14.2. The Labute approximate surface area is 133 Å². The van der Waals surface area contributed by atoms with Crippen LogP contribution < -0.4 is 15.1 Å². The Morgan fingerprint density at radius 1 is 1.18 bits per heavy atom. The van der Waals surface area contributed by atoms with Gasteiger partial charge >= 0.3 is 6.03 Å². The first kappa shape index (κ1) is 16.5. The summed E-state index contributed by atoms with van der Waals surface area (Å²) in [6.07, 6.45) is 0.962. The van der Waals surface area contributed by atoms with E-state index < -0.39 is 0 Å². The summed E-state index contributed by atoms with van der Waals surface area (Å²) in [7, 11) is 4.09. The highest BCUT2D eigenvalue weighted by Crippen LogP contribution is 2.20. The van der Waals surface area contributed by atoms with E-state index in [4.69, 9.17) is 0 Å². The SMILES string of the molecule is CCC(C)NC(=O)N1CCN(c2ccc(N(C)C)cc2)CC1. The standard InChI is InChI=1S/C17H28N4O/c1-5-14(2)18-17(22)21-12-10-20(11-13-21)16-8-6-15(7-9-16)19(3)4/h6-9,14H,5,10-13H2,1-4H3,(H,18,22). The summed E-state index contributed by atoms with van der Waals surface area (Å²) in [6, 6.07) is 8.89. The Balaban J connectivity index is 1.87. The molecule has 0 radical (unpaired) electrons. The van der Waals surface area contributed by atoms with Gasteiger partial charge in [0.05, 0.1) is 0 Å². The summed E-state index contributed by atoms with van der Waals surface area (Å²) in [5.74, 6) is 0. The number of piperazine rings is 1. The van der Waals surface area contributed by atoms with Gasteiger partial charge in [0.2, 0.25) is 0 Å².